The standard InChI is InChI=1S/C19H29FN4O/c1-2-21-9-15-24(16-10-21)19(25)7-8-22-11-13-23(14-12-22)18-6-4-3-5-17(18)20/h3-6H,2,7-16H2,1H3. The Kier molecular flexibility index (Phi) is 6.26. The van der Waals surface area contributed by atoms with Crippen LogP contribution in [0.1, 0.15) is 13.3 Å². The van der Waals surface area contributed by atoms with E-state index >= 15 is 0 Å². The van der Waals surface area contributed by atoms with Crippen LogP contribution in [0.3, 0.4) is 0 Å². The molecule has 0 atom stereocenters. The number of amides is 1. The molecule has 0 N–H and O–H groups in total. The van der Waals surface area contributed by atoms with Crippen LogP contribution in [0, 0.1) is 5.82 Å². The van der Waals surface area contributed by atoms with Crippen LogP contribution in [0.15, 0.2) is 24.3 Å². The van der Waals surface area contributed by atoms with Gasteiger partial charge in [-0.25, -0.2) is 4.39 Å². The third-order valence-corrected chi connectivity index (χ3v) is 5.38. The molecule has 2 aliphatic heterocycles. The van der Waals surface area contributed by atoms with Gasteiger partial charge in [0.25, 0.3) is 0 Å². The summed E-state index contributed by atoms with van der Waals surface area (Å²) < 4.78 is 13.9. The molecule has 25 heavy (non-hydrogen) atoms. The maximum atomic E-state index is 13.9. The van der Waals surface area contributed by atoms with Gasteiger partial charge in [-0.15, -0.1) is 0 Å². The van der Waals surface area contributed by atoms with Gasteiger partial charge in [-0.05, 0) is 18.7 Å². The first-order valence-electron chi connectivity index (χ1n) is 9.39. The third-order valence-electron chi connectivity index (χ3n) is 5.38. The quantitative estimate of drug-likeness (QED) is 0.807. The molecule has 1 aromatic rings. The maximum absolute atomic E-state index is 13.9. The molecule has 2 fully saturated rings. The van der Waals surface area contributed by atoms with E-state index < -0.39 is 0 Å². The zero-order valence-electron chi connectivity index (χ0n) is 15.2. The number of carbonyl (C=O) groups excluding carboxylic acids is 1. The largest absolute Gasteiger partial charge is 0.367 e. The Morgan fingerprint density at radius 1 is 0.960 bits per heavy atom. The lowest BCUT2D eigenvalue weighted by Gasteiger charge is -2.37. The minimum absolute atomic E-state index is 0.155. The second kappa shape index (κ2) is 8.63. The molecule has 0 unspecified atom stereocenters. The molecular formula is C19H29FN4O. The summed E-state index contributed by atoms with van der Waals surface area (Å²) in [6, 6.07) is 6.95. The lowest BCUT2D eigenvalue weighted by molar-refractivity contribution is -0.133. The summed E-state index contributed by atoms with van der Waals surface area (Å²) in [5.41, 5.74) is 0.687. The van der Waals surface area contributed by atoms with Crippen LogP contribution >= 0.6 is 0 Å². The molecule has 6 heteroatoms. The van der Waals surface area contributed by atoms with E-state index in [1.165, 1.54) is 6.07 Å². The van der Waals surface area contributed by atoms with Gasteiger partial charge < -0.3 is 14.7 Å². The average molecular weight is 348 g/mol. The number of likely N-dealkylation sites (N-methyl/N-ethyl adjacent to an activating group) is 1. The van der Waals surface area contributed by atoms with Crippen LogP contribution in [-0.2, 0) is 4.79 Å². The van der Waals surface area contributed by atoms with Gasteiger partial charge in [0, 0.05) is 65.3 Å². The number of halogens is 1. The highest BCUT2D eigenvalue weighted by Crippen LogP contribution is 2.20. The molecule has 0 spiro atoms. The predicted octanol–water partition coefficient (Wildman–Crippen LogP) is 1.50. The summed E-state index contributed by atoms with van der Waals surface area (Å²) in [5.74, 6) is 0.115. The highest BCUT2D eigenvalue weighted by atomic mass is 19.1. The Morgan fingerprint density at radius 2 is 1.60 bits per heavy atom. The number of hydrogen-bond acceptors (Lipinski definition) is 4. The first kappa shape index (κ1) is 18.1. The van der Waals surface area contributed by atoms with Gasteiger partial charge in [-0.1, -0.05) is 19.1 Å². The van der Waals surface area contributed by atoms with Crippen LogP contribution in [0.4, 0.5) is 10.1 Å². The van der Waals surface area contributed by atoms with Crippen LogP contribution in [0.2, 0.25) is 0 Å². The molecule has 1 amide bonds. The lowest BCUT2D eigenvalue weighted by Crippen LogP contribution is -2.50. The van der Waals surface area contributed by atoms with E-state index in [0.29, 0.717) is 12.1 Å². The molecule has 0 aromatic heterocycles. The maximum Gasteiger partial charge on any atom is 0.223 e. The van der Waals surface area contributed by atoms with Crippen LogP contribution in [-0.4, -0.2) is 86.1 Å². The first-order chi connectivity index (χ1) is 12.2. The van der Waals surface area contributed by atoms with E-state index in [1.807, 2.05) is 17.0 Å². The molecular weight excluding hydrogens is 319 g/mol. The van der Waals surface area contributed by atoms with E-state index in [4.69, 9.17) is 0 Å². The number of carbonyl (C=O) groups is 1. The van der Waals surface area contributed by atoms with Crippen molar-refractivity contribution < 1.29 is 9.18 Å². The number of rotatable bonds is 5. The van der Waals surface area contributed by atoms with Crippen molar-refractivity contribution in [1.29, 1.82) is 0 Å². The molecule has 0 saturated carbocycles. The highest BCUT2D eigenvalue weighted by molar-refractivity contribution is 5.76. The minimum Gasteiger partial charge on any atom is -0.367 e. The van der Waals surface area contributed by atoms with Gasteiger partial charge in [-0.2, -0.15) is 0 Å². The molecule has 0 aliphatic carbocycles. The van der Waals surface area contributed by atoms with Crippen molar-refractivity contribution in [1.82, 2.24) is 14.7 Å². The van der Waals surface area contributed by atoms with Crippen molar-refractivity contribution in [3.63, 3.8) is 0 Å². The van der Waals surface area contributed by atoms with Gasteiger partial charge >= 0.3 is 0 Å². The minimum atomic E-state index is -0.155. The van der Waals surface area contributed by atoms with E-state index in [2.05, 4.69) is 21.6 Å². The molecule has 2 aliphatic rings. The molecule has 5 nitrogen and oxygen atoms in total. The van der Waals surface area contributed by atoms with E-state index in [9.17, 15) is 9.18 Å². The zero-order chi connectivity index (χ0) is 17.6. The number of benzene rings is 1. The fraction of sp³-hybridized carbons (Fsp3) is 0.632. The van der Waals surface area contributed by atoms with E-state index in [-0.39, 0.29) is 11.7 Å². The molecule has 2 saturated heterocycles. The average Bonchev–Trinajstić information content (AvgIpc) is 2.67. The Hall–Kier alpha value is -1.66. The zero-order valence-corrected chi connectivity index (χ0v) is 15.2. The van der Waals surface area contributed by atoms with Gasteiger partial charge in [-0.3, -0.25) is 9.69 Å². The number of piperazine rings is 2. The molecule has 3 rings (SSSR count). The summed E-state index contributed by atoms with van der Waals surface area (Å²) in [5, 5.41) is 0. The fourth-order valence-corrected chi connectivity index (χ4v) is 3.65. The molecule has 1 aromatic carbocycles. The van der Waals surface area contributed by atoms with Crippen molar-refractivity contribution in [2.75, 3.05) is 70.3 Å². The van der Waals surface area contributed by atoms with Crippen LogP contribution in [0.5, 0.6) is 0 Å². The molecule has 2 heterocycles. The van der Waals surface area contributed by atoms with Crippen LogP contribution < -0.4 is 4.90 Å². The van der Waals surface area contributed by atoms with Gasteiger partial charge in [0.1, 0.15) is 5.82 Å². The first-order valence-corrected chi connectivity index (χ1v) is 9.39. The topological polar surface area (TPSA) is 30.0 Å². The Labute approximate surface area is 150 Å². The van der Waals surface area contributed by atoms with Gasteiger partial charge in [0.05, 0.1) is 5.69 Å². The summed E-state index contributed by atoms with van der Waals surface area (Å²) in [6.45, 7) is 11.1. The number of nitrogens with zero attached hydrogens (tertiary/aromatic N) is 4. The van der Waals surface area contributed by atoms with E-state index in [1.54, 1.807) is 6.07 Å². The second-order valence-electron chi connectivity index (χ2n) is 6.85. The Bertz CT molecular complexity index is 566. The van der Waals surface area contributed by atoms with Crippen molar-refractivity contribution in [3.8, 4) is 0 Å². The van der Waals surface area contributed by atoms with Crippen molar-refractivity contribution in [2.45, 2.75) is 13.3 Å². The highest BCUT2D eigenvalue weighted by Gasteiger charge is 2.22. The Balaban J connectivity index is 1.39. The number of para-hydroxylation sites is 1. The second-order valence-corrected chi connectivity index (χ2v) is 6.85. The lowest BCUT2D eigenvalue weighted by atomic mass is 10.2. The van der Waals surface area contributed by atoms with Crippen molar-refractivity contribution in [3.05, 3.63) is 30.1 Å². The monoisotopic (exact) mass is 348 g/mol. The van der Waals surface area contributed by atoms with Crippen molar-refractivity contribution in [2.24, 2.45) is 0 Å². The summed E-state index contributed by atoms with van der Waals surface area (Å²) in [7, 11) is 0. The molecule has 138 valence electrons. The number of anilines is 1. The smallest absolute Gasteiger partial charge is 0.223 e. The van der Waals surface area contributed by atoms with Gasteiger partial charge in [0.15, 0.2) is 0 Å². The summed E-state index contributed by atoms with van der Waals surface area (Å²) >= 11 is 0. The molecule has 0 radical (unpaired) electrons. The van der Waals surface area contributed by atoms with Gasteiger partial charge in [0.2, 0.25) is 5.91 Å². The molecule has 0 bridgehead atoms. The van der Waals surface area contributed by atoms with E-state index in [0.717, 1.165) is 65.4 Å². The predicted molar refractivity (Wildman–Crippen MR) is 98.4 cm³/mol. The fourth-order valence-electron chi connectivity index (χ4n) is 3.65. The normalized spacial score (nSPS) is 20.1. The summed E-state index contributed by atoms with van der Waals surface area (Å²) in [4.78, 5) is 21.2. The Morgan fingerprint density at radius 3 is 2.24 bits per heavy atom. The van der Waals surface area contributed by atoms with Crippen molar-refractivity contribution >= 4 is 11.6 Å². The number of hydrogen-bond donors (Lipinski definition) is 0. The van der Waals surface area contributed by atoms with Crippen LogP contribution in [0.25, 0.3) is 0 Å². The summed E-state index contributed by atoms with van der Waals surface area (Å²) in [6.07, 6.45) is 0.589. The third kappa shape index (κ3) is 4.70. The SMILES string of the molecule is CCN1CCN(C(=O)CCN2CCN(c3ccccc3F)CC2)CC1.